The minimum absolute atomic E-state index is 0.670. The summed E-state index contributed by atoms with van der Waals surface area (Å²) in [5.74, 6) is 0.747. The third-order valence-electron chi connectivity index (χ3n) is 3.88. The minimum Gasteiger partial charge on any atom is -0.444 e. The topological polar surface area (TPSA) is 41.3 Å². The van der Waals surface area contributed by atoms with E-state index in [0.717, 1.165) is 42.6 Å². The van der Waals surface area contributed by atoms with Crippen molar-refractivity contribution in [2.75, 3.05) is 19.6 Å². The number of nitrogens with one attached hydrogen (secondary N) is 1. The lowest BCUT2D eigenvalue weighted by Gasteiger charge is -2.33. The molecule has 1 fully saturated rings. The van der Waals surface area contributed by atoms with Crippen LogP contribution in [-0.2, 0) is 6.54 Å². The lowest BCUT2D eigenvalue weighted by molar-refractivity contribution is 0.160. The molecular weight excluding hydrogens is 270 g/mol. The van der Waals surface area contributed by atoms with E-state index in [9.17, 15) is 0 Å². The van der Waals surface area contributed by atoms with E-state index in [2.05, 4.69) is 22.1 Å². The molecule has 1 N–H and O–H groups in total. The molecule has 20 heavy (non-hydrogen) atoms. The molecule has 0 aliphatic carbocycles. The first-order valence-electron chi connectivity index (χ1n) is 7.30. The van der Waals surface area contributed by atoms with Crippen molar-refractivity contribution in [3.05, 3.63) is 29.5 Å². The Bertz CT molecular complexity index is 517. The van der Waals surface area contributed by atoms with Crippen LogP contribution >= 0.6 is 11.3 Å². The standard InChI is InChI=1S/C15H21N3OS/c1-2-18(13-5-7-16-8-6-13)10-12-11-19-15(17-12)14-4-3-9-20-14/h3-4,9,11,13,16H,2,5-8,10H2,1H3. The van der Waals surface area contributed by atoms with Gasteiger partial charge in [-0.3, -0.25) is 4.90 Å². The molecule has 0 unspecified atom stereocenters. The maximum absolute atomic E-state index is 5.60. The molecule has 2 aromatic heterocycles. The molecule has 0 amide bonds. The number of nitrogens with zero attached hydrogens (tertiary/aromatic N) is 2. The van der Waals surface area contributed by atoms with Crippen LogP contribution in [0.5, 0.6) is 0 Å². The van der Waals surface area contributed by atoms with Gasteiger partial charge in [0.05, 0.1) is 10.6 Å². The fraction of sp³-hybridized carbons (Fsp3) is 0.533. The van der Waals surface area contributed by atoms with E-state index in [1.165, 1.54) is 12.8 Å². The summed E-state index contributed by atoms with van der Waals surface area (Å²) < 4.78 is 5.60. The van der Waals surface area contributed by atoms with E-state index < -0.39 is 0 Å². The molecule has 1 saturated heterocycles. The third-order valence-corrected chi connectivity index (χ3v) is 4.74. The second-order valence-corrected chi connectivity index (χ2v) is 6.11. The molecule has 1 aliphatic rings. The molecule has 0 spiro atoms. The average Bonchev–Trinajstić information content (AvgIpc) is 3.16. The van der Waals surface area contributed by atoms with Crippen molar-refractivity contribution in [2.45, 2.75) is 32.4 Å². The molecule has 0 aromatic carbocycles. The van der Waals surface area contributed by atoms with E-state index in [-0.39, 0.29) is 0 Å². The van der Waals surface area contributed by atoms with Crippen LogP contribution in [0.25, 0.3) is 10.8 Å². The van der Waals surface area contributed by atoms with Crippen LogP contribution in [0.4, 0.5) is 0 Å². The molecule has 5 heteroatoms. The molecule has 0 saturated carbocycles. The van der Waals surface area contributed by atoms with Gasteiger partial charge >= 0.3 is 0 Å². The Morgan fingerprint density at radius 1 is 1.45 bits per heavy atom. The largest absolute Gasteiger partial charge is 0.444 e. The van der Waals surface area contributed by atoms with Crippen LogP contribution in [0, 0.1) is 0 Å². The van der Waals surface area contributed by atoms with Crippen LogP contribution in [0.15, 0.2) is 28.2 Å². The van der Waals surface area contributed by atoms with Gasteiger partial charge in [0.25, 0.3) is 0 Å². The van der Waals surface area contributed by atoms with E-state index in [1.54, 1.807) is 17.6 Å². The molecule has 4 nitrogen and oxygen atoms in total. The molecule has 0 radical (unpaired) electrons. The molecule has 2 aromatic rings. The third kappa shape index (κ3) is 3.11. The second kappa shape index (κ2) is 6.52. The Morgan fingerprint density at radius 3 is 3.00 bits per heavy atom. The van der Waals surface area contributed by atoms with Crippen molar-refractivity contribution in [3.8, 4) is 10.8 Å². The minimum atomic E-state index is 0.670. The highest BCUT2D eigenvalue weighted by molar-refractivity contribution is 7.13. The van der Waals surface area contributed by atoms with Crippen LogP contribution in [0.2, 0.25) is 0 Å². The Hall–Kier alpha value is -1.17. The molecule has 1 aliphatic heterocycles. The second-order valence-electron chi connectivity index (χ2n) is 5.17. The van der Waals surface area contributed by atoms with Crippen molar-refractivity contribution in [3.63, 3.8) is 0 Å². The van der Waals surface area contributed by atoms with Gasteiger partial charge < -0.3 is 9.73 Å². The Kier molecular flexibility index (Phi) is 4.50. The zero-order valence-electron chi connectivity index (χ0n) is 11.8. The smallest absolute Gasteiger partial charge is 0.236 e. The van der Waals surface area contributed by atoms with Gasteiger partial charge in [-0.05, 0) is 43.9 Å². The van der Waals surface area contributed by atoms with Crippen molar-refractivity contribution >= 4 is 11.3 Å². The summed E-state index contributed by atoms with van der Waals surface area (Å²) in [5, 5.41) is 5.47. The van der Waals surface area contributed by atoms with E-state index in [1.807, 2.05) is 17.5 Å². The van der Waals surface area contributed by atoms with Gasteiger partial charge in [0.1, 0.15) is 6.26 Å². The number of hydrogen-bond donors (Lipinski definition) is 1. The Labute approximate surface area is 123 Å². The van der Waals surface area contributed by atoms with Gasteiger partial charge in [-0.2, -0.15) is 0 Å². The van der Waals surface area contributed by atoms with E-state index in [0.29, 0.717) is 6.04 Å². The lowest BCUT2D eigenvalue weighted by Crippen LogP contribution is -2.42. The van der Waals surface area contributed by atoms with Crippen LogP contribution in [0.1, 0.15) is 25.5 Å². The highest BCUT2D eigenvalue weighted by atomic mass is 32.1. The molecule has 0 atom stereocenters. The average molecular weight is 291 g/mol. The predicted octanol–water partition coefficient (Wildman–Crippen LogP) is 2.98. The molecule has 3 rings (SSSR count). The number of rotatable bonds is 5. The fourth-order valence-corrected chi connectivity index (χ4v) is 3.43. The number of hydrogen-bond acceptors (Lipinski definition) is 5. The number of oxazole rings is 1. The van der Waals surface area contributed by atoms with Gasteiger partial charge in [-0.15, -0.1) is 11.3 Å². The van der Waals surface area contributed by atoms with Crippen molar-refractivity contribution in [1.29, 1.82) is 0 Å². The zero-order valence-corrected chi connectivity index (χ0v) is 12.7. The monoisotopic (exact) mass is 291 g/mol. The Balaban J connectivity index is 1.66. The van der Waals surface area contributed by atoms with Gasteiger partial charge in [-0.25, -0.2) is 4.98 Å². The summed E-state index contributed by atoms with van der Waals surface area (Å²) in [4.78, 5) is 8.23. The first-order valence-corrected chi connectivity index (χ1v) is 8.18. The summed E-state index contributed by atoms with van der Waals surface area (Å²) in [6.07, 6.45) is 4.26. The van der Waals surface area contributed by atoms with E-state index in [4.69, 9.17) is 4.42 Å². The summed E-state index contributed by atoms with van der Waals surface area (Å²) in [5.41, 5.74) is 1.04. The zero-order chi connectivity index (χ0) is 13.8. The fourth-order valence-electron chi connectivity index (χ4n) is 2.77. The lowest BCUT2D eigenvalue weighted by atomic mass is 10.0. The van der Waals surface area contributed by atoms with Crippen LogP contribution in [0.3, 0.4) is 0 Å². The maximum Gasteiger partial charge on any atom is 0.236 e. The van der Waals surface area contributed by atoms with Crippen LogP contribution < -0.4 is 5.32 Å². The highest BCUT2D eigenvalue weighted by Gasteiger charge is 2.21. The van der Waals surface area contributed by atoms with Crippen molar-refractivity contribution in [2.24, 2.45) is 0 Å². The summed E-state index contributed by atoms with van der Waals surface area (Å²) in [7, 11) is 0. The number of thiophene rings is 1. The molecule has 0 bridgehead atoms. The van der Waals surface area contributed by atoms with Crippen LogP contribution in [-0.4, -0.2) is 35.6 Å². The van der Waals surface area contributed by atoms with Gasteiger partial charge in [0.2, 0.25) is 5.89 Å². The van der Waals surface area contributed by atoms with Gasteiger partial charge in [0, 0.05) is 12.6 Å². The SMILES string of the molecule is CCN(Cc1coc(-c2cccs2)n1)C1CCNCC1. The van der Waals surface area contributed by atoms with Crippen molar-refractivity contribution < 1.29 is 4.42 Å². The van der Waals surface area contributed by atoms with Crippen molar-refractivity contribution in [1.82, 2.24) is 15.2 Å². The molecule has 3 heterocycles. The maximum atomic E-state index is 5.60. The van der Waals surface area contributed by atoms with E-state index >= 15 is 0 Å². The molecule has 108 valence electrons. The number of piperidine rings is 1. The Morgan fingerprint density at radius 2 is 2.30 bits per heavy atom. The quantitative estimate of drug-likeness (QED) is 0.919. The number of aromatic nitrogens is 1. The highest BCUT2D eigenvalue weighted by Crippen LogP contribution is 2.24. The summed E-state index contributed by atoms with van der Waals surface area (Å²) in [6.45, 7) is 6.42. The first-order chi connectivity index (χ1) is 9.86. The summed E-state index contributed by atoms with van der Waals surface area (Å²) >= 11 is 1.66. The normalized spacial score (nSPS) is 16.9. The predicted molar refractivity (Wildman–Crippen MR) is 81.8 cm³/mol. The first kappa shape index (κ1) is 13.8. The molecular formula is C15H21N3OS. The van der Waals surface area contributed by atoms with Gasteiger partial charge in [0.15, 0.2) is 0 Å². The summed E-state index contributed by atoms with van der Waals surface area (Å²) in [6, 6.07) is 4.74. The van der Waals surface area contributed by atoms with Gasteiger partial charge in [-0.1, -0.05) is 13.0 Å².